The van der Waals surface area contributed by atoms with Gasteiger partial charge < -0.3 is 9.47 Å². The molecule has 2 rings (SSSR count). The molecule has 0 aromatic heterocycles. The van der Waals surface area contributed by atoms with E-state index in [4.69, 9.17) is 9.47 Å². The first-order valence-corrected chi connectivity index (χ1v) is 9.18. The monoisotopic (exact) mass is 352 g/mol. The number of aryl methyl sites for hydroxylation is 1. The zero-order chi connectivity index (χ0) is 18.6. The molecule has 0 atom stereocenters. The predicted octanol–water partition coefficient (Wildman–Crippen LogP) is 5.64. The van der Waals surface area contributed by atoms with E-state index >= 15 is 0 Å². The van der Waals surface area contributed by atoms with Crippen LogP contribution in [-0.2, 0) is 6.42 Å². The van der Waals surface area contributed by atoms with Gasteiger partial charge >= 0.3 is 0 Å². The topological polar surface area (TPSA) is 35.5 Å². The van der Waals surface area contributed by atoms with Gasteiger partial charge in [-0.1, -0.05) is 48.9 Å². The third kappa shape index (κ3) is 6.40. The zero-order valence-electron chi connectivity index (χ0n) is 15.7. The summed E-state index contributed by atoms with van der Waals surface area (Å²) >= 11 is 0. The molecule has 0 radical (unpaired) electrons. The molecule has 0 aliphatic heterocycles. The molecule has 3 heteroatoms. The maximum absolute atomic E-state index is 12.4. The molecule has 0 bridgehead atoms. The lowest BCUT2D eigenvalue weighted by Gasteiger charge is -2.08. The number of benzene rings is 2. The van der Waals surface area contributed by atoms with Crippen molar-refractivity contribution < 1.29 is 14.3 Å². The van der Waals surface area contributed by atoms with Gasteiger partial charge in [0, 0.05) is 6.42 Å². The van der Waals surface area contributed by atoms with Gasteiger partial charge in [-0.15, -0.1) is 0 Å². The van der Waals surface area contributed by atoms with Crippen LogP contribution in [0.1, 0.15) is 48.0 Å². The number of unbranched alkanes of at least 4 members (excludes halogenated alkanes) is 3. The highest BCUT2D eigenvalue weighted by Gasteiger charge is 2.12. The Balaban J connectivity index is 1.69. The summed E-state index contributed by atoms with van der Waals surface area (Å²) in [6, 6.07) is 15.9. The van der Waals surface area contributed by atoms with Crippen LogP contribution in [0.5, 0.6) is 11.5 Å². The minimum absolute atomic E-state index is 0.0427. The first kappa shape index (κ1) is 19.8. The van der Waals surface area contributed by atoms with Crippen LogP contribution < -0.4 is 9.47 Å². The second-order valence-corrected chi connectivity index (χ2v) is 6.25. The molecule has 0 aliphatic rings. The summed E-state index contributed by atoms with van der Waals surface area (Å²) in [5.41, 5.74) is 1.97. The van der Waals surface area contributed by atoms with Crippen molar-refractivity contribution in [2.24, 2.45) is 0 Å². The molecule has 0 aliphatic carbocycles. The highest BCUT2D eigenvalue weighted by molar-refractivity contribution is 5.99. The quantitative estimate of drug-likeness (QED) is 0.298. The van der Waals surface area contributed by atoms with Crippen molar-refractivity contribution in [2.45, 2.75) is 38.5 Å². The molecule has 0 saturated carbocycles. The molecule has 2 aromatic rings. The van der Waals surface area contributed by atoms with Gasteiger partial charge in [-0.2, -0.15) is 0 Å². The number of rotatable bonds is 11. The van der Waals surface area contributed by atoms with E-state index in [1.807, 2.05) is 6.08 Å². The summed E-state index contributed by atoms with van der Waals surface area (Å²) < 4.78 is 10.5. The number of Topliss-reactive ketones (excluding diaryl/α,β-unsaturated/α-hetero) is 1. The molecular weight excluding hydrogens is 324 g/mol. The van der Waals surface area contributed by atoms with Crippen molar-refractivity contribution >= 4 is 5.78 Å². The van der Waals surface area contributed by atoms with E-state index in [-0.39, 0.29) is 5.78 Å². The Morgan fingerprint density at radius 3 is 2.46 bits per heavy atom. The Hall–Kier alpha value is -2.55. The Labute approximate surface area is 156 Å². The lowest BCUT2D eigenvalue weighted by molar-refractivity contribution is 0.0992. The number of hydrogen-bond donors (Lipinski definition) is 0. The molecule has 0 heterocycles. The van der Waals surface area contributed by atoms with Crippen LogP contribution >= 0.6 is 0 Å². The number of ether oxygens (including phenoxy) is 2. The lowest BCUT2D eigenvalue weighted by atomic mass is 10.0. The number of carbonyl (C=O) groups excluding carboxylic acids is 1. The second-order valence-electron chi connectivity index (χ2n) is 6.25. The molecule has 0 N–H and O–H groups in total. The SMILES string of the molecule is COc1ccc(OC)c(C(=O)C/C=C/CCCCCc2ccccc2)c1. The molecule has 0 spiro atoms. The standard InChI is InChI=1S/C23H28O3/c1-25-20-16-17-23(26-2)21(18-20)22(24)15-11-6-4-3-5-8-12-19-13-9-7-10-14-19/h6-7,9-11,13-14,16-18H,3-5,8,12,15H2,1-2H3/b11-6+. The first-order valence-electron chi connectivity index (χ1n) is 9.18. The minimum atomic E-state index is 0.0427. The fourth-order valence-corrected chi connectivity index (χ4v) is 2.86. The van der Waals surface area contributed by atoms with Crippen LogP contribution in [0, 0.1) is 0 Å². The van der Waals surface area contributed by atoms with Crippen molar-refractivity contribution in [3.8, 4) is 11.5 Å². The van der Waals surface area contributed by atoms with Crippen LogP contribution in [0.2, 0.25) is 0 Å². The summed E-state index contributed by atoms with van der Waals surface area (Å²) in [5.74, 6) is 1.29. The van der Waals surface area contributed by atoms with E-state index in [9.17, 15) is 4.79 Å². The van der Waals surface area contributed by atoms with E-state index in [0.717, 1.165) is 19.3 Å². The summed E-state index contributed by atoms with van der Waals surface area (Å²) in [5, 5.41) is 0. The van der Waals surface area contributed by atoms with Crippen molar-refractivity contribution in [2.75, 3.05) is 14.2 Å². The number of ketones is 1. The average molecular weight is 352 g/mol. The van der Waals surface area contributed by atoms with E-state index in [0.29, 0.717) is 23.5 Å². The van der Waals surface area contributed by atoms with Crippen LogP contribution in [-0.4, -0.2) is 20.0 Å². The Kier molecular flexibility index (Phi) is 8.47. The molecule has 3 nitrogen and oxygen atoms in total. The van der Waals surface area contributed by atoms with Crippen LogP contribution in [0.15, 0.2) is 60.7 Å². The molecule has 0 fully saturated rings. The van der Waals surface area contributed by atoms with Crippen molar-refractivity contribution in [1.29, 1.82) is 0 Å². The van der Waals surface area contributed by atoms with Crippen molar-refractivity contribution in [1.82, 2.24) is 0 Å². The Morgan fingerprint density at radius 2 is 1.73 bits per heavy atom. The number of carbonyl (C=O) groups is 1. The van der Waals surface area contributed by atoms with Gasteiger partial charge in [0.25, 0.3) is 0 Å². The number of allylic oxidation sites excluding steroid dienone is 2. The highest BCUT2D eigenvalue weighted by Crippen LogP contribution is 2.25. The van der Waals surface area contributed by atoms with Gasteiger partial charge in [0.1, 0.15) is 11.5 Å². The van der Waals surface area contributed by atoms with Crippen molar-refractivity contribution in [3.05, 3.63) is 71.8 Å². The maximum atomic E-state index is 12.4. The fourth-order valence-electron chi connectivity index (χ4n) is 2.86. The number of methoxy groups -OCH3 is 2. The van der Waals surface area contributed by atoms with E-state index in [1.165, 1.54) is 18.4 Å². The summed E-state index contributed by atoms with van der Waals surface area (Å²) in [6.07, 6.45) is 10.2. The molecule has 138 valence electrons. The zero-order valence-corrected chi connectivity index (χ0v) is 15.7. The van der Waals surface area contributed by atoms with E-state index in [2.05, 4.69) is 36.4 Å². The Morgan fingerprint density at radius 1 is 0.923 bits per heavy atom. The first-order chi connectivity index (χ1) is 12.7. The second kappa shape index (κ2) is 11.1. The summed E-state index contributed by atoms with van der Waals surface area (Å²) in [6.45, 7) is 0. The smallest absolute Gasteiger partial charge is 0.170 e. The van der Waals surface area contributed by atoms with Crippen LogP contribution in [0.25, 0.3) is 0 Å². The van der Waals surface area contributed by atoms with Gasteiger partial charge in [0.2, 0.25) is 0 Å². The van der Waals surface area contributed by atoms with Gasteiger partial charge in [0.05, 0.1) is 19.8 Å². The van der Waals surface area contributed by atoms with Crippen LogP contribution in [0.4, 0.5) is 0 Å². The van der Waals surface area contributed by atoms with Gasteiger partial charge in [-0.3, -0.25) is 4.79 Å². The molecule has 0 amide bonds. The van der Waals surface area contributed by atoms with Gasteiger partial charge in [0.15, 0.2) is 5.78 Å². The van der Waals surface area contributed by atoms with Crippen LogP contribution in [0.3, 0.4) is 0 Å². The molecular formula is C23H28O3. The number of hydrogen-bond acceptors (Lipinski definition) is 3. The maximum Gasteiger partial charge on any atom is 0.170 e. The molecule has 0 saturated heterocycles. The Bertz CT molecular complexity index is 705. The van der Waals surface area contributed by atoms with Gasteiger partial charge in [-0.25, -0.2) is 0 Å². The minimum Gasteiger partial charge on any atom is -0.497 e. The highest BCUT2D eigenvalue weighted by atomic mass is 16.5. The predicted molar refractivity (Wildman–Crippen MR) is 106 cm³/mol. The largest absolute Gasteiger partial charge is 0.497 e. The van der Waals surface area contributed by atoms with Crippen molar-refractivity contribution in [3.63, 3.8) is 0 Å². The fraction of sp³-hybridized carbons (Fsp3) is 0.348. The van der Waals surface area contributed by atoms with E-state index in [1.54, 1.807) is 32.4 Å². The van der Waals surface area contributed by atoms with E-state index < -0.39 is 0 Å². The third-order valence-corrected chi connectivity index (χ3v) is 4.36. The average Bonchev–Trinajstić information content (AvgIpc) is 2.70. The molecule has 0 unspecified atom stereocenters. The van der Waals surface area contributed by atoms with Gasteiger partial charge in [-0.05, 0) is 49.4 Å². The normalized spacial score (nSPS) is 10.8. The molecule has 26 heavy (non-hydrogen) atoms. The summed E-state index contributed by atoms with van der Waals surface area (Å²) in [4.78, 5) is 12.4. The summed E-state index contributed by atoms with van der Waals surface area (Å²) in [7, 11) is 3.16. The third-order valence-electron chi connectivity index (χ3n) is 4.36. The lowest BCUT2D eigenvalue weighted by Crippen LogP contribution is -2.01. The molecule has 2 aromatic carbocycles.